The van der Waals surface area contributed by atoms with E-state index in [1.807, 2.05) is 20.8 Å². The maximum absolute atomic E-state index is 11.8. The highest BCUT2D eigenvalue weighted by Gasteiger charge is 2.23. The van der Waals surface area contributed by atoms with Crippen LogP contribution in [0.15, 0.2) is 0 Å². The second-order valence-corrected chi connectivity index (χ2v) is 4.27. The van der Waals surface area contributed by atoms with Crippen molar-refractivity contribution in [2.75, 3.05) is 20.1 Å². The molecule has 2 amide bonds. The lowest BCUT2D eigenvalue weighted by Gasteiger charge is -2.24. The van der Waals surface area contributed by atoms with E-state index in [4.69, 9.17) is 0 Å². The van der Waals surface area contributed by atoms with Crippen LogP contribution in [0.4, 0.5) is 0 Å². The Hall–Kier alpha value is -0.710. The predicted octanol–water partition coefficient (Wildman–Crippen LogP) is 0.535. The summed E-state index contributed by atoms with van der Waals surface area (Å²) in [5, 5.41) is 2.16. The minimum absolute atomic E-state index is 0.0839. The van der Waals surface area contributed by atoms with Crippen LogP contribution in [0.5, 0.6) is 0 Å². The van der Waals surface area contributed by atoms with Crippen LogP contribution in [0.3, 0.4) is 0 Å². The smallest absolute Gasteiger partial charge is 0.239 e. The van der Waals surface area contributed by atoms with Gasteiger partial charge in [-0.25, -0.2) is 0 Å². The molecule has 5 heteroatoms. The van der Waals surface area contributed by atoms with E-state index in [0.717, 1.165) is 0 Å². The van der Waals surface area contributed by atoms with Crippen LogP contribution < -0.4 is 5.32 Å². The van der Waals surface area contributed by atoms with E-state index in [-0.39, 0.29) is 29.5 Å². The molecule has 0 bridgehead atoms. The van der Waals surface area contributed by atoms with Gasteiger partial charge in [0.05, 0.1) is 11.8 Å². The summed E-state index contributed by atoms with van der Waals surface area (Å²) in [6.45, 7) is 6.35. The molecule has 1 N–H and O–H groups in total. The van der Waals surface area contributed by atoms with Gasteiger partial charge in [0.25, 0.3) is 0 Å². The minimum atomic E-state index is -0.338. The molecule has 88 valence electrons. The van der Waals surface area contributed by atoms with Crippen LogP contribution in [0, 0.1) is 5.92 Å². The number of likely N-dealkylation sites (N-methyl/N-ethyl adjacent to an activating group) is 2. The molecular weight excluding hydrogens is 212 g/mol. The van der Waals surface area contributed by atoms with Gasteiger partial charge in [-0.2, -0.15) is 12.6 Å². The highest BCUT2D eigenvalue weighted by molar-refractivity contribution is 7.81. The topological polar surface area (TPSA) is 49.4 Å². The number of carbonyl (C=O) groups is 2. The number of nitrogens with zero attached hydrogens (tertiary/aromatic N) is 1. The molecule has 0 radical (unpaired) electrons. The fourth-order valence-electron chi connectivity index (χ4n) is 1.07. The molecule has 0 aliphatic carbocycles. The Morgan fingerprint density at radius 1 is 1.40 bits per heavy atom. The SMILES string of the molecule is CCN(CC(=O)NC)C(=O)C(S)C(C)C. The molecule has 0 aliphatic heterocycles. The standard InChI is InChI=1S/C10H20N2O2S/c1-5-12(6-8(13)11-4)10(14)9(15)7(2)3/h7,9,15H,5-6H2,1-4H3,(H,11,13). The van der Waals surface area contributed by atoms with Crippen molar-refractivity contribution in [3.05, 3.63) is 0 Å². The molecule has 1 unspecified atom stereocenters. The van der Waals surface area contributed by atoms with E-state index < -0.39 is 0 Å². The van der Waals surface area contributed by atoms with Crippen LogP contribution in [0.1, 0.15) is 20.8 Å². The van der Waals surface area contributed by atoms with Gasteiger partial charge in [0.1, 0.15) is 0 Å². The zero-order chi connectivity index (χ0) is 12.0. The summed E-state index contributed by atoms with van der Waals surface area (Å²) in [4.78, 5) is 24.5. The van der Waals surface area contributed by atoms with Gasteiger partial charge >= 0.3 is 0 Å². The third-order valence-corrected chi connectivity index (χ3v) is 3.01. The second kappa shape index (κ2) is 6.71. The molecule has 0 aromatic rings. The fourth-order valence-corrected chi connectivity index (χ4v) is 1.23. The van der Waals surface area contributed by atoms with Gasteiger partial charge in [-0.15, -0.1) is 0 Å². The van der Waals surface area contributed by atoms with Crippen molar-refractivity contribution >= 4 is 24.4 Å². The van der Waals surface area contributed by atoms with E-state index in [1.54, 1.807) is 7.05 Å². The fraction of sp³-hybridized carbons (Fsp3) is 0.800. The lowest BCUT2D eigenvalue weighted by Crippen LogP contribution is -2.44. The van der Waals surface area contributed by atoms with E-state index in [9.17, 15) is 9.59 Å². The molecule has 0 saturated heterocycles. The Morgan fingerprint density at radius 2 is 1.93 bits per heavy atom. The summed E-state index contributed by atoms with van der Waals surface area (Å²) >= 11 is 4.24. The zero-order valence-corrected chi connectivity index (χ0v) is 10.7. The van der Waals surface area contributed by atoms with E-state index in [0.29, 0.717) is 6.54 Å². The molecule has 0 saturated carbocycles. The number of carbonyl (C=O) groups excluding carboxylic acids is 2. The van der Waals surface area contributed by atoms with Crippen LogP contribution in [0.2, 0.25) is 0 Å². The Morgan fingerprint density at radius 3 is 2.27 bits per heavy atom. The molecule has 0 aromatic heterocycles. The van der Waals surface area contributed by atoms with Gasteiger partial charge in [-0.05, 0) is 12.8 Å². The molecule has 0 spiro atoms. The molecule has 15 heavy (non-hydrogen) atoms. The first kappa shape index (κ1) is 14.3. The monoisotopic (exact) mass is 232 g/mol. The van der Waals surface area contributed by atoms with Crippen LogP contribution in [-0.4, -0.2) is 42.1 Å². The molecule has 4 nitrogen and oxygen atoms in total. The Labute approximate surface area is 96.8 Å². The van der Waals surface area contributed by atoms with E-state index >= 15 is 0 Å². The number of rotatable bonds is 5. The van der Waals surface area contributed by atoms with Crippen molar-refractivity contribution in [3.8, 4) is 0 Å². The lowest BCUT2D eigenvalue weighted by atomic mass is 10.1. The highest BCUT2D eigenvalue weighted by Crippen LogP contribution is 2.12. The average Bonchev–Trinajstić information content (AvgIpc) is 2.23. The molecule has 0 aliphatic rings. The lowest BCUT2D eigenvalue weighted by molar-refractivity contribution is -0.135. The van der Waals surface area contributed by atoms with E-state index in [1.165, 1.54) is 4.90 Å². The van der Waals surface area contributed by atoms with Crippen molar-refractivity contribution in [2.24, 2.45) is 5.92 Å². The summed E-state index contributed by atoms with van der Waals surface area (Å²) in [5.41, 5.74) is 0. The van der Waals surface area contributed by atoms with Crippen LogP contribution in [0.25, 0.3) is 0 Å². The van der Waals surface area contributed by atoms with Gasteiger partial charge in [0.15, 0.2) is 0 Å². The third-order valence-electron chi connectivity index (χ3n) is 2.19. The third kappa shape index (κ3) is 4.55. The minimum Gasteiger partial charge on any atom is -0.358 e. The average molecular weight is 232 g/mol. The first-order chi connectivity index (χ1) is 6.93. The Kier molecular flexibility index (Phi) is 6.40. The summed E-state index contributed by atoms with van der Waals surface area (Å²) in [7, 11) is 1.56. The molecule has 0 fully saturated rings. The van der Waals surface area contributed by atoms with Crippen LogP contribution >= 0.6 is 12.6 Å². The quantitative estimate of drug-likeness (QED) is 0.680. The van der Waals surface area contributed by atoms with Gasteiger partial charge in [0, 0.05) is 13.6 Å². The van der Waals surface area contributed by atoms with Crippen molar-refractivity contribution in [2.45, 2.75) is 26.0 Å². The van der Waals surface area contributed by atoms with Gasteiger partial charge in [-0.1, -0.05) is 13.8 Å². The largest absolute Gasteiger partial charge is 0.358 e. The highest BCUT2D eigenvalue weighted by atomic mass is 32.1. The zero-order valence-electron chi connectivity index (χ0n) is 9.78. The summed E-state index contributed by atoms with van der Waals surface area (Å²) in [6, 6.07) is 0. The number of thiol groups is 1. The van der Waals surface area contributed by atoms with Gasteiger partial charge < -0.3 is 10.2 Å². The predicted molar refractivity (Wildman–Crippen MR) is 63.9 cm³/mol. The van der Waals surface area contributed by atoms with E-state index in [2.05, 4.69) is 17.9 Å². The maximum atomic E-state index is 11.8. The maximum Gasteiger partial charge on any atom is 0.239 e. The second-order valence-electron chi connectivity index (χ2n) is 3.71. The van der Waals surface area contributed by atoms with Crippen molar-refractivity contribution in [1.29, 1.82) is 0 Å². The first-order valence-corrected chi connectivity index (χ1v) is 5.63. The number of nitrogens with one attached hydrogen (secondary N) is 1. The number of hydrogen-bond donors (Lipinski definition) is 2. The van der Waals surface area contributed by atoms with Crippen molar-refractivity contribution < 1.29 is 9.59 Å². The van der Waals surface area contributed by atoms with Crippen molar-refractivity contribution in [3.63, 3.8) is 0 Å². The first-order valence-electron chi connectivity index (χ1n) is 5.11. The van der Waals surface area contributed by atoms with Crippen LogP contribution in [-0.2, 0) is 9.59 Å². The summed E-state index contributed by atoms with van der Waals surface area (Å²) in [5.74, 6) is -0.0755. The van der Waals surface area contributed by atoms with Gasteiger partial charge in [-0.3, -0.25) is 9.59 Å². The molecule has 0 rings (SSSR count). The molecular formula is C10H20N2O2S. The summed E-state index contributed by atoms with van der Waals surface area (Å²) < 4.78 is 0. The normalized spacial score (nSPS) is 12.4. The Balaban J connectivity index is 4.40. The molecule has 1 atom stereocenters. The van der Waals surface area contributed by atoms with Gasteiger partial charge in [0.2, 0.25) is 11.8 Å². The Bertz CT molecular complexity index is 231. The number of amides is 2. The summed E-state index contributed by atoms with van der Waals surface area (Å²) in [6.07, 6.45) is 0. The van der Waals surface area contributed by atoms with Crippen molar-refractivity contribution in [1.82, 2.24) is 10.2 Å². The molecule has 0 aromatic carbocycles. The number of hydrogen-bond acceptors (Lipinski definition) is 3. The molecule has 0 heterocycles.